The minimum atomic E-state index is -0.379. The van der Waals surface area contributed by atoms with Gasteiger partial charge in [0.25, 0.3) is 5.91 Å². The number of nitrogens with zero attached hydrogens (tertiary/aromatic N) is 2. The van der Waals surface area contributed by atoms with Crippen LogP contribution in [0.2, 0.25) is 0 Å². The van der Waals surface area contributed by atoms with Crippen molar-refractivity contribution in [2.45, 2.75) is 19.9 Å². The molecule has 0 unspecified atom stereocenters. The Labute approximate surface area is 165 Å². The van der Waals surface area contributed by atoms with Crippen molar-refractivity contribution in [3.8, 4) is 0 Å². The van der Waals surface area contributed by atoms with Gasteiger partial charge in [-0.3, -0.25) is 9.59 Å². The molecule has 6 heteroatoms. The van der Waals surface area contributed by atoms with Gasteiger partial charge in [0.15, 0.2) is 0 Å². The van der Waals surface area contributed by atoms with Crippen molar-refractivity contribution in [2.75, 3.05) is 32.7 Å². The first-order valence-electron chi connectivity index (χ1n) is 9.62. The van der Waals surface area contributed by atoms with Gasteiger partial charge < -0.3 is 15.1 Å². The summed E-state index contributed by atoms with van der Waals surface area (Å²) in [6, 6.07) is 13.5. The van der Waals surface area contributed by atoms with Crippen LogP contribution in [0.25, 0.3) is 0 Å². The number of carbonyl (C=O) groups is 2. The Bertz CT molecular complexity index is 817. The third kappa shape index (κ3) is 5.39. The molecule has 1 fully saturated rings. The van der Waals surface area contributed by atoms with E-state index in [1.54, 1.807) is 4.90 Å². The lowest BCUT2D eigenvalue weighted by molar-refractivity contribution is -0.132. The van der Waals surface area contributed by atoms with Crippen LogP contribution in [-0.2, 0) is 11.3 Å². The maximum atomic E-state index is 13.2. The number of piperazine rings is 1. The third-order valence-electron chi connectivity index (χ3n) is 4.90. The van der Waals surface area contributed by atoms with E-state index in [0.717, 1.165) is 24.2 Å². The lowest BCUT2D eigenvalue weighted by Gasteiger charge is -2.29. The van der Waals surface area contributed by atoms with E-state index in [0.29, 0.717) is 31.7 Å². The average Bonchev–Trinajstić information content (AvgIpc) is 2.71. The molecule has 1 heterocycles. The van der Waals surface area contributed by atoms with Crippen molar-refractivity contribution in [1.29, 1.82) is 0 Å². The highest BCUT2D eigenvalue weighted by Gasteiger charge is 2.21. The molecule has 2 aromatic carbocycles. The standard InChI is InChI=1S/C22H26FN3O2/c1-17-3-2-4-18(15-17)16-26(22(28)19-5-7-20(23)8-6-19)12-9-21(27)25-13-10-24-11-14-25/h2-8,15,24H,9-14,16H2,1H3. The predicted molar refractivity (Wildman–Crippen MR) is 106 cm³/mol. The van der Waals surface area contributed by atoms with Gasteiger partial charge in [-0.1, -0.05) is 29.8 Å². The number of hydrogen-bond acceptors (Lipinski definition) is 3. The molecule has 1 saturated heterocycles. The largest absolute Gasteiger partial charge is 0.340 e. The molecule has 0 radical (unpaired) electrons. The van der Waals surface area contributed by atoms with Crippen LogP contribution in [0.15, 0.2) is 48.5 Å². The van der Waals surface area contributed by atoms with E-state index in [2.05, 4.69) is 5.32 Å². The summed E-state index contributed by atoms with van der Waals surface area (Å²) >= 11 is 0. The molecule has 0 atom stereocenters. The zero-order chi connectivity index (χ0) is 19.9. The van der Waals surface area contributed by atoms with Crippen molar-refractivity contribution < 1.29 is 14.0 Å². The van der Waals surface area contributed by atoms with Gasteiger partial charge in [-0.05, 0) is 36.8 Å². The van der Waals surface area contributed by atoms with Crippen LogP contribution in [0, 0.1) is 12.7 Å². The zero-order valence-electron chi connectivity index (χ0n) is 16.2. The number of aryl methyl sites for hydroxylation is 1. The van der Waals surface area contributed by atoms with E-state index in [-0.39, 0.29) is 24.1 Å². The van der Waals surface area contributed by atoms with Gasteiger partial charge in [0.05, 0.1) is 0 Å². The van der Waals surface area contributed by atoms with Crippen molar-refractivity contribution >= 4 is 11.8 Å². The SMILES string of the molecule is Cc1cccc(CN(CCC(=O)N2CCNCC2)C(=O)c2ccc(F)cc2)c1. The maximum Gasteiger partial charge on any atom is 0.254 e. The summed E-state index contributed by atoms with van der Waals surface area (Å²) in [6.07, 6.45) is 0.277. The number of benzene rings is 2. The molecule has 1 aliphatic rings. The summed E-state index contributed by atoms with van der Waals surface area (Å²) in [5, 5.41) is 3.23. The molecule has 3 rings (SSSR count). The molecule has 5 nitrogen and oxygen atoms in total. The molecule has 0 saturated carbocycles. The lowest BCUT2D eigenvalue weighted by atomic mass is 10.1. The topological polar surface area (TPSA) is 52.7 Å². The summed E-state index contributed by atoms with van der Waals surface area (Å²) in [4.78, 5) is 29.0. The van der Waals surface area contributed by atoms with Gasteiger partial charge in [0, 0.05) is 51.3 Å². The van der Waals surface area contributed by atoms with Crippen LogP contribution in [0.1, 0.15) is 27.9 Å². The highest BCUT2D eigenvalue weighted by atomic mass is 19.1. The summed E-state index contributed by atoms with van der Waals surface area (Å²) in [5.41, 5.74) is 2.54. The second kappa shape index (κ2) is 9.46. The van der Waals surface area contributed by atoms with Crippen molar-refractivity contribution in [3.63, 3.8) is 0 Å². The molecular formula is C22H26FN3O2. The molecular weight excluding hydrogens is 357 g/mol. The smallest absolute Gasteiger partial charge is 0.254 e. The van der Waals surface area contributed by atoms with E-state index in [1.807, 2.05) is 36.1 Å². The van der Waals surface area contributed by atoms with Gasteiger partial charge in [0.2, 0.25) is 5.91 Å². The van der Waals surface area contributed by atoms with E-state index in [4.69, 9.17) is 0 Å². The van der Waals surface area contributed by atoms with Crippen molar-refractivity contribution in [1.82, 2.24) is 15.1 Å². The Morgan fingerprint density at radius 2 is 1.82 bits per heavy atom. The third-order valence-corrected chi connectivity index (χ3v) is 4.90. The normalized spacial score (nSPS) is 14.0. The molecule has 2 aromatic rings. The van der Waals surface area contributed by atoms with Crippen LogP contribution in [-0.4, -0.2) is 54.3 Å². The summed E-state index contributed by atoms with van der Waals surface area (Å²) in [6.45, 7) is 5.73. The number of halogens is 1. The summed E-state index contributed by atoms with van der Waals surface area (Å²) in [5.74, 6) is -0.520. The Morgan fingerprint density at radius 1 is 1.11 bits per heavy atom. The number of carbonyl (C=O) groups excluding carboxylic acids is 2. The molecule has 2 amide bonds. The minimum absolute atomic E-state index is 0.0580. The predicted octanol–water partition coefficient (Wildman–Crippen LogP) is 2.60. The van der Waals surface area contributed by atoms with Crippen LogP contribution in [0.5, 0.6) is 0 Å². The van der Waals surface area contributed by atoms with E-state index in [9.17, 15) is 14.0 Å². The summed E-state index contributed by atoms with van der Waals surface area (Å²) < 4.78 is 13.2. The van der Waals surface area contributed by atoms with Crippen molar-refractivity contribution in [2.24, 2.45) is 0 Å². The van der Waals surface area contributed by atoms with Crippen LogP contribution >= 0.6 is 0 Å². The fourth-order valence-corrected chi connectivity index (χ4v) is 3.36. The molecule has 0 bridgehead atoms. The number of nitrogens with one attached hydrogen (secondary N) is 1. The summed E-state index contributed by atoms with van der Waals surface area (Å²) in [7, 11) is 0. The Morgan fingerprint density at radius 3 is 2.50 bits per heavy atom. The molecule has 1 aliphatic heterocycles. The average molecular weight is 383 g/mol. The first kappa shape index (κ1) is 20.0. The van der Waals surface area contributed by atoms with E-state index >= 15 is 0 Å². The van der Waals surface area contributed by atoms with E-state index < -0.39 is 0 Å². The van der Waals surface area contributed by atoms with Crippen LogP contribution in [0.3, 0.4) is 0 Å². The van der Waals surface area contributed by atoms with Gasteiger partial charge in [-0.15, -0.1) is 0 Å². The first-order valence-corrected chi connectivity index (χ1v) is 9.62. The van der Waals surface area contributed by atoms with Gasteiger partial charge in [-0.2, -0.15) is 0 Å². The fraction of sp³-hybridized carbons (Fsp3) is 0.364. The zero-order valence-corrected chi connectivity index (χ0v) is 16.2. The number of amides is 2. The van der Waals surface area contributed by atoms with Gasteiger partial charge in [0.1, 0.15) is 5.82 Å². The quantitative estimate of drug-likeness (QED) is 0.834. The Hall–Kier alpha value is -2.73. The molecule has 148 valence electrons. The van der Waals surface area contributed by atoms with Crippen molar-refractivity contribution in [3.05, 3.63) is 71.0 Å². The van der Waals surface area contributed by atoms with Crippen LogP contribution < -0.4 is 5.32 Å². The Balaban J connectivity index is 1.72. The molecule has 1 N–H and O–H groups in total. The highest BCUT2D eigenvalue weighted by Crippen LogP contribution is 2.13. The number of hydrogen-bond donors (Lipinski definition) is 1. The minimum Gasteiger partial charge on any atom is -0.340 e. The van der Waals surface area contributed by atoms with E-state index in [1.165, 1.54) is 24.3 Å². The molecule has 28 heavy (non-hydrogen) atoms. The van der Waals surface area contributed by atoms with Gasteiger partial charge >= 0.3 is 0 Å². The second-order valence-electron chi connectivity index (χ2n) is 7.10. The molecule has 0 aromatic heterocycles. The molecule has 0 spiro atoms. The number of rotatable bonds is 6. The van der Waals surface area contributed by atoms with Crippen LogP contribution in [0.4, 0.5) is 4.39 Å². The highest BCUT2D eigenvalue weighted by molar-refractivity contribution is 5.94. The van der Waals surface area contributed by atoms with Gasteiger partial charge in [-0.25, -0.2) is 4.39 Å². The molecule has 0 aliphatic carbocycles. The maximum absolute atomic E-state index is 13.2. The fourth-order valence-electron chi connectivity index (χ4n) is 3.36. The Kier molecular flexibility index (Phi) is 6.76. The first-order chi connectivity index (χ1) is 13.5. The second-order valence-corrected chi connectivity index (χ2v) is 7.10. The monoisotopic (exact) mass is 383 g/mol. The lowest BCUT2D eigenvalue weighted by Crippen LogP contribution is -2.47.